The van der Waals surface area contributed by atoms with Gasteiger partial charge in [0.15, 0.2) is 0 Å². The molecule has 7 nitrogen and oxygen atoms in total. The van der Waals surface area contributed by atoms with Crippen LogP contribution in [0.1, 0.15) is 35.3 Å². The number of anilines is 2. The Labute approximate surface area is 170 Å². The van der Waals surface area contributed by atoms with Gasteiger partial charge in [0.2, 0.25) is 0 Å². The maximum Gasteiger partial charge on any atom is 0.274 e. The van der Waals surface area contributed by atoms with E-state index in [0.29, 0.717) is 11.6 Å². The summed E-state index contributed by atoms with van der Waals surface area (Å²) >= 11 is 0. The Morgan fingerprint density at radius 2 is 2.00 bits per heavy atom. The Kier molecular flexibility index (Phi) is 6.04. The van der Waals surface area contributed by atoms with Gasteiger partial charge in [-0.2, -0.15) is 0 Å². The molecular formula is C22H24N6O. The van der Waals surface area contributed by atoms with Crippen molar-refractivity contribution in [1.29, 1.82) is 0 Å². The third-order valence-corrected chi connectivity index (χ3v) is 5.18. The molecule has 0 radical (unpaired) electrons. The number of rotatable bonds is 6. The molecule has 0 aromatic carbocycles. The Morgan fingerprint density at radius 3 is 2.83 bits per heavy atom. The van der Waals surface area contributed by atoms with Gasteiger partial charge in [-0.15, -0.1) is 0 Å². The van der Waals surface area contributed by atoms with Gasteiger partial charge < -0.3 is 10.2 Å². The molecule has 0 bridgehead atoms. The molecule has 4 heterocycles. The van der Waals surface area contributed by atoms with Gasteiger partial charge in [-0.3, -0.25) is 9.78 Å². The predicted molar refractivity (Wildman–Crippen MR) is 111 cm³/mol. The maximum atomic E-state index is 12.6. The van der Waals surface area contributed by atoms with Crippen molar-refractivity contribution in [2.45, 2.75) is 25.7 Å². The zero-order valence-corrected chi connectivity index (χ0v) is 16.2. The SMILES string of the molecule is O=C(c1cnccn1)N1CCC[C@H](CCc2ccnc(Nc3ccccn3)c2)C1. The van der Waals surface area contributed by atoms with Crippen LogP contribution in [0.15, 0.2) is 61.3 Å². The lowest BCUT2D eigenvalue weighted by Gasteiger charge is -2.32. The number of hydrogen-bond donors (Lipinski definition) is 1. The number of piperidine rings is 1. The molecule has 1 aliphatic heterocycles. The summed E-state index contributed by atoms with van der Waals surface area (Å²) < 4.78 is 0. The first-order valence-electron chi connectivity index (χ1n) is 9.96. The molecule has 1 N–H and O–H groups in total. The second kappa shape index (κ2) is 9.23. The lowest BCUT2D eigenvalue weighted by Crippen LogP contribution is -2.40. The second-order valence-electron chi connectivity index (χ2n) is 7.28. The number of carbonyl (C=O) groups excluding carboxylic acids is 1. The van der Waals surface area contributed by atoms with Crippen LogP contribution in [0.3, 0.4) is 0 Å². The highest BCUT2D eigenvalue weighted by atomic mass is 16.2. The van der Waals surface area contributed by atoms with Crippen LogP contribution in [0.5, 0.6) is 0 Å². The van der Waals surface area contributed by atoms with Crippen LogP contribution >= 0.6 is 0 Å². The second-order valence-corrected chi connectivity index (χ2v) is 7.28. The molecule has 0 aliphatic carbocycles. The summed E-state index contributed by atoms with van der Waals surface area (Å²) in [5.74, 6) is 2.05. The van der Waals surface area contributed by atoms with Crippen molar-refractivity contribution in [2.75, 3.05) is 18.4 Å². The van der Waals surface area contributed by atoms with Crippen molar-refractivity contribution in [1.82, 2.24) is 24.8 Å². The molecule has 3 aromatic heterocycles. The third-order valence-electron chi connectivity index (χ3n) is 5.18. The van der Waals surface area contributed by atoms with Gasteiger partial charge >= 0.3 is 0 Å². The normalized spacial score (nSPS) is 16.4. The molecule has 148 valence electrons. The first kappa shape index (κ1) is 19.0. The van der Waals surface area contributed by atoms with Crippen molar-refractivity contribution in [2.24, 2.45) is 5.92 Å². The number of likely N-dealkylation sites (tertiary alicyclic amines) is 1. The lowest BCUT2D eigenvalue weighted by molar-refractivity contribution is 0.0662. The van der Waals surface area contributed by atoms with Crippen molar-refractivity contribution in [3.63, 3.8) is 0 Å². The average molecular weight is 388 g/mol. The van der Waals surface area contributed by atoms with E-state index in [1.54, 1.807) is 24.8 Å². The first-order valence-corrected chi connectivity index (χ1v) is 9.96. The molecule has 1 aliphatic rings. The van der Waals surface area contributed by atoms with E-state index in [9.17, 15) is 4.79 Å². The van der Waals surface area contributed by atoms with Crippen LogP contribution in [0.2, 0.25) is 0 Å². The molecular weight excluding hydrogens is 364 g/mol. The Morgan fingerprint density at radius 1 is 1.07 bits per heavy atom. The number of nitrogens with zero attached hydrogens (tertiary/aromatic N) is 5. The zero-order valence-electron chi connectivity index (χ0n) is 16.2. The topological polar surface area (TPSA) is 83.9 Å². The van der Waals surface area contributed by atoms with Crippen molar-refractivity contribution >= 4 is 17.5 Å². The summed E-state index contributed by atoms with van der Waals surface area (Å²) in [6, 6.07) is 9.86. The van der Waals surface area contributed by atoms with Gasteiger partial charge in [-0.25, -0.2) is 15.0 Å². The minimum atomic E-state index is -0.0199. The number of aromatic nitrogens is 4. The first-order chi connectivity index (χ1) is 14.3. The molecule has 29 heavy (non-hydrogen) atoms. The van der Waals surface area contributed by atoms with E-state index in [2.05, 4.69) is 37.4 Å². The van der Waals surface area contributed by atoms with Crippen LogP contribution in [-0.4, -0.2) is 43.8 Å². The number of carbonyl (C=O) groups is 1. The smallest absolute Gasteiger partial charge is 0.274 e. The average Bonchev–Trinajstić information content (AvgIpc) is 2.79. The van der Waals surface area contributed by atoms with Gasteiger partial charge in [0.05, 0.1) is 6.20 Å². The fourth-order valence-electron chi connectivity index (χ4n) is 3.69. The summed E-state index contributed by atoms with van der Waals surface area (Å²) in [6.07, 6.45) is 12.4. The Balaban J connectivity index is 1.33. The van der Waals surface area contributed by atoms with Crippen molar-refractivity contribution < 1.29 is 4.79 Å². The number of aryl methyl sites for hydroxylation is 1. The van der Waals surface area contributed by atoms with E-state index >= 15 is 0 Å². The summed E-state index contributed by atoms with van der Waals surface area (Å²) in [7, 11) is 0. The quantitative estimate of drug-likeness (QED) is 0.696. The largest absolute Gasteiger partial charge is 0.337 e. The molecule has 0 saturated carbocycles. The highest BCUT2D eigenvalue weighted by Gasteiger charge is 2.25. The van der Waals surface area contributed by atoms with Crippen LogP contribution < -0.4 is 5.32 Å². The van der Waals surface area contributed by atoms with Crippen LogP contribution in [0.25, 0.3) is 0 Å². The summed E-state index contributed by atoms with van der Waals surface area (Å²) in [6.45, 7) is 1.57. The van der Waals surface area contributed by atoms with Gasteiger partial charge in [-0.1, -0.05) is 6.07 Å². The minimum absolute atomic E-state index is 0.0199. The van der Waals surface area contributed by atoms with Gasteiger partial charge in [-0.05, 0) is 61.4 Å². The van der Waals surface area contributed by atoms with E-state index in [-0.39, 0.29) is 5.91 Å². The van der Waals surface area contributed by atoms with Crippen molar-refractivity contribution in [3.05, 3.63) is 72.6 Å². The monoisotopic (exact) mass is 388 g/mol. The van der Waals surface area contributed by atoms with E-state index in [4.69, 9.17) is 0 Å². The molecule has 1 fully saturated rings. The zero-order chi connectivity index (χ0) is 19.9. The molecule has 0 unspecified atom stereocenters. The Hall–Kier alpha value is -3.35. The van der Waals surface area contributed by atoms with Gasteiger partial charge in [0.25, 0.3) is 5.91 Å². The van der Waals surface area contributed by atoms with Crippen LogP contribution in [0.4, 0.5) is 11.6 Å². The summed E-state index contributed by atoms with van der Waals surface area (Å²) in [5.41, 5.74) is 1.66. The van der Waals surface area contributed by atoms with E-state index in [1.807, 2.05) is 29.3 Å². The third kappa shape index (κ3) is 5.13. The number of hydrogen-bond acceptors (Lipinski definition) is 6. The highest BCUT2D eigenvalue weighted by Crippen LogP contribution is 2.23. The van der Waals surface area contributed by atoms with E-state index < -0.39 is 0 Å². The lowest BCUT2D eigenvalue weighted by atomic mass is 9.91. The molecule has 7 heteroatoms. The molecule has 4 rings (SSSR count). The predicted octanol–water partition coefficient (Wildman–Crippen LogP) is 3.50. The molecule has 1 atom stereocenters. The number of pyridine rings is 2. The molecule has 1 saturated heterocycles. The molecule has 0 spiro atoms. The van der Waals surface area contributed by atoms with Gasteiger partial charge in [0, 0.05) is 37.9 Å². The fourth-order valence-corrected chi connectivity index (χ4v) is 3.69. The summed E-state index contributed by atoms with van der Waals surface area (Å²) in [4.78, 5) is 31.4. The van der Waals surface area contributed by atoms with E-state index in [1.165, 1.54) is 5.56 Å². The number of amides is 1. The fraction of sp³-hybridized carbons (Fsp3) is 0.318. The van der Waals surface area contributed by atoms with E-state index in [0.717, 1.165) is 50.4 Å². The standard InChI is InChI=1S/C22H24N6O/c29-22(19-15-23-11-12-24-19)28-13-3-4-18(16-28)7-6-17-8-10-26-21(14-17)27-20-5-1-2-9-25-20/h1-2,5,8-12,14-15,18H,3-4,6-7,13,16H2,(H,25,26,27)/t18-/m1/s1. The minimum Gasteiger partial charge on any atom is -0.337 e. The molecule has 3 aromatic rings. The molecule has 1 amide bonds. The maximum absolute atomic E-state index is 12.6. The van der Waals surface area contributed by atoms with Crippen LogP contribution in [-0.2, 0) is 6.42 Å². The van der Waals surface area contributed by atoms with Gasteiger partial charge in [0.1, 0.15) is 17.3 Å². The highest BCUT2D eigenvalue weighted by molar-refractivity contribution is 5.92. The summed E-state index contributed by atoms with van der Waals surface area (Å²) in [5, 5.41) is 3.23. The van der Waals surface area contributed by atoms with Crippen molar-refractivity contribution in [3.8, 4) is 0 Å². The number of nitrogens with one attached hydrogen (secondary N) is 1. The van der Waals surface area contributed by atoms with Crippen LogP contribution in [0, 0.1) is 5.92 Å². The Bertz CT molecular complexity index is 934.